The maximum absolute atomic E-state index is 11.8. The topological polar surface area (TPSA) is 95.4 Å². The number of nitrogens with one attached hydrogen (secondary N) is 1. The first-order valence-corrected chi connectivity index (χ1v) is 5.23. The lowest BCUT2D eigenvalue weighted by Crippen LogP contribution is -2.40. The predicted octanol–water partition coefficient (Wildman–Crippen LogP) is 0.557. The molecule has 0 radical (unpaired) electrons. The second-order valence-corrected chi connectivity index (χ2v) is 3.76. The van der Waals surface area contributed by atoms with Crippen LogP contribution in [-0.2, 0) is 4.79 Å². The van der Waals surface area contributed by atoms with Crippen molar-refractivity contribution >= 4 is 17.9 Å². The molecule has 1 aliphatic carbocycles. The van der Waals surface area contributed by atoms with Crippen LogP contribution in [0.4, 0.5) is 10.7 Å². The van der Waals surface area contributed by atoms with Crippen LogP contribution in [0.3, 0.4) is 0 Å². The first kappa shape index (κ1) is 11.3. The average Bonchev–Trinajstić information content (AvgIpc) is 3.10. The highest BCUT2D eigenvalue weighted by Gasteiger charge is 2.34. The number of urea groups is 1. The van der Waals surface area contributed by atoms with E-state index in [0.717, 1.165) is 12.8 Å². The molecule has 1 heterocycles. The summed E-state index contributed by atoms with van der Waals surface area (Å²) in [5, 5.41) is 11.2. The van der Waals surface area contributed by atoms with E-state index >= 15 is 0 Å². The number of nitrogens with zero attached hydrogens (tertiary/aromatic N) is 3. The Morgan fingerprint density at radius 3 is 2.59 bits per heavy atom. The molecule has 1 saturated carbocycles. The van der Waals surface area contributed by atoms with Gasteiger partial charge in [0.25, 0.3) is 0 Å². The van der Waals surface area contributed by atoms with Crippen LogP contribution in [0.15, 0.2) is 18.5 Å². The summed E-state index contributed by atoms with van der Waals surface area (Å²) in [6, 6.07) is 1.18. The first-order valence-electron chi connectivity index (χ1n) is 5.23. The fourth-order valence-electron chi connectivity index (χ4n) is 1.43. The van der Waals surface area contributed by atoms with Gasteiger partial charge in [0.1, 0.15) is 6.54 Å². The zero-order chi connectivity index (χ0) is 12.3. The number of carbonyl (C=O) groups is 2. The molecule has 17 heavy (non-hydrogen) atoms. The Labute approximate surface area is 97.5 Å². The van der Waals surface area contributed by atoms with E-state index in [1.165, 1.54) is 17.3 Å². The van der Waals surface area contributed by atoms with Crippen LogP contribution in [0.1, 0.15) is 12.8 Å². The summed E-state index contributed by atoms with van der Waals surface area (Å²) in [7, 11) is 0. The summed E-state index contributed by atoms with van der Waals surface area (Å²) >= 11 is 0. The minimum Gasteiger partial charge on any atom is -0.480 e. The van der Waals surface area contributed by atoms with Crippen LogP contribution in [0.2, 0.25) is 0 Å². The van der Waals surface area contributed by atoms with Gasteiger partial charge in [-0.1, -0.05) is 0 Å². The molecule has 0 bridgehead atoms. The number of carboxylic acids is 1. The Bertz CT molecular complexity index is 419. The third-order valence-corrected chi connectivity index (χ3v) is 2.34. The fourth-order valence-corrected chi connectivity index (χ4v) is 1.43. The summed E-state index contributed by atoms with van der Waals surface area (Å²) in [4.78, 5) is 31.4. The van der Waals surface area contributed by atoms with Gasteiger partial charge in [-0.3, -0.25) is 10.1 Å². The van der Waals surface area contributed by atoms with Crippen LogP contribution < -0.4 is 5.32 Å². The van der Waals surface area contributed by atoms with Gasteiger partial charge in [-0.15, -0.1) is 0 Å². The smallest absolute Gasteiger partial charge is 0.325 e. The molecule has 0 spiro atoms. The monoisotopic (exact) mass is 236 g/mol. The van der Waals surface area contributed by atoms with Crippen molar-refractivity contribution in [2.45, 2.75) is 18.9 Å². The lowest BCUT2D eigenvalue weighted by Gasteiger charge is -2.19. The van der Waals surface area contributed by atoms with Gasteiger partial charge >= 0.3 is 12.0 Å². The molecule has 0 saturated heterocycles. The minimum atomic E-state index is -1.03. The van der Waals surface area contributed by atoms with Crippen LogP contribution in [0.25, 0.3) is 0 Å². The second-order valence-electron chi connectivity index (χ2n) is 3.76. The van der Waals surface area contributed by atoms with Gasteiger partial charge < -0.3 is 10.0 Å². The normalized spacial score (nSPS) is 14.1. The van der Waals surface area contributed by atoms with Crippen molar-refractivity contribution in [2.24, 2.45) is 0 Å². The molecule has 1 fully saturated rings. The van der Waals surface area contributed by atoms with Gasteiger partial charge in [0.05, 0.1) is 0 Å². The van der Waals surface area contributed by atoms with Gasteiger partial charge in [-0.05, 0) is 18.9 Å². The van der Waals surface area contributed by atoms with Gasteiger partial charge in [0, 0.05) is 18.4 Å². The number of rotatable bonds is 4. The highest BCUT2D eigenvalue weighted by Crippen LogP contribution is 2.26. The number of anilines is 1. The largest absolute Gasteiger partial charge is 0.480 e. The van der Waals surface area contributed by atoms with Crippen molar-refractivity contribution in [3.63, 3.8) is 0 Å². The van der Waals surface area contributed by atoms with E-state index in [0.29, 0.717) is 0 Å². The third kappa shape index (κ3) is 3.13. The van der Waals surface area contributed by atoms with Crippen molar-refractivity contribution in [3.05, 3.63) is 18.5 Å². The Morgan fingerprint density at radius 2 is 2.06 bits per heavy atom. The van der Waals surface area contributed by atoms with E-state index in [-0.39, 0.29) is 18.5 Å². The molecule has 0 aliphatic heterocycles. The molecule has 2 amide bonds. The van der Waals surface area contributed by atoms with Crippen LogP contribution in [-0.4, -0.2) is 44.6 Å². The molecule has 1 aliphatic rings. The van der Waals surface area contributed by atoms with Crippen molar-refractivity contribution in [3.8, 4) is 0 Å². The molecular weight excluding hydrogens is 224 g/mol. The molecule has 1 aromatic rings. The Hall–Kier alpha value is -2.18. The van der Waals surface area contributed by atoms with E-state index in [4.69, 9.17) is 5.11 Å². The standard InChI is InChI=1S/C10H12N4O3/c15-8(16)6-14(7-2-3-7)10(17)13-9-11-4-1-5-12-9/h1,4-5,7H,2-3,6H2,(H,15,16)(H,11,12,13,17). The average molecular weight is 236 g/mol. The molecule has 0 atom stereocenters. The highest BCUT2D eigenvalue weighted by atomic mass is 16.4. The number of carbonyl (C=O) groups excluding carboxylic acids is 1. The van der Waals surface area contributed by atoms with Gasteiger partial charge in [0.2, 0.25) is 5.95 Å². The van der Waals surface area contributed by atoms with Crippen LogP contribution >= 0.6 is 0 Å². The highest BCUT2D eigenvalue weighted by molar-refractivity contribution is 5.90. The molecule has 0 unspecified atom stereocenters. The quantitative estimate of drug-likeness (QED) is 0.796. The Balaban J connectivity index is 1.99. The Kier molecular flexibility index (Phi) is 3.17. The molecule has 1 aromatic heterocycles. The molecule has 7 heteroatoms. The molecular formula is C10H12N4O3. The summed E-state index contributed by atoms with van der Waals surface area (Å²) in [5.74, 6) is -0.852. The van der Waals surface area contributed by atoms with Gasteiger partial charge in [-0.2, -0.15) is 0 Å². The Morgan fingerprint density at radius 1 is 1.41 bits per heavy atom. The van der Waals surface area contributed by atoms with Crippen LogP contribution in [0.5, 0.6) is 0 Å². The lowest BCUT2D eigenvalue weighted by atomic mass is 10.5. The molecule has 2 N–H and O–H groups in total. The van der Waals surface area contributed by atoms with Crippen LogP contribution in [0, 0.1) is 0 Å². The number of amides is 2. The number of aromatic nitrogens is 2. The second kappa shape index (κ2) is 4.77. The maximum Gasteiger partial charge on any atom is 0.325 e. The van der Waals surface area contributed by atoms with Gasteiger partial charge in [0.15, 0.2) is 0 Å². The lowest BCUT2D eigenvalue weighted by molar-refractivity contribution is -0.137. The third-order valence-electron chi connectivity index (χ3n) is 2.34. The van der Waals surface area contributed by atoms with Crippen molar-refractivity contribution in [2.75, 3.05) is 11.9 Å². The molecule has 0 aromatic carbocycles. The van der Waals surface area contributed by atoms with Crippen molar-refractivity contribution in [1.29, 1.82) is 0 Å². The fraction of sp³-hybridized carbons (Fsp3) is 0.400. The summed E-state index contributed by atoms with van der Waals surface area (Å²) in [6.45, 7) is -0.302. The van der Waals surface area contributed by atoms with E-state index in [1.807, 2.05) is 0 Å². The van der Waals surface area contributed by atoms with E-state index in [1.54, 1.807) is 6.07 Å². The van der Waals surface area contributed by atoms with E-state index < -0.39 is 12.0 Å². The maximum atomic E-state index is 11.8. The number of aliphatic carboxylic acids is 1. The van der Waals surface area contributed by atoms with E-state index in [9.17, 15) is 9.59 Å². The zero-order valence-corrected chi connectivity index (χ0v) is 9.04. The summed E-state index contributed by atoms with van der Waals surface area (Å²) in [5.41, 5.74) is 0. The van der Waals surface area contributed by atoms with E-state index in [2.05, 4.69) is 15.3 Å². The molecule has 7 nitrogen and oxygen atoms in total. The summed E-state index contributed by atoms with van der Waals surface area (Å²) < 4.78 is 0. The molecule has 90 valence electrons. The SMILES string of the molecule is O=C(O)CN(C(=O)Nc1ncccn1)C1CC1. The minimum absolute atomic E-state index is 0.0230. The number of hydrogen-bond donors (Lipinski definition) is 2. The zero-order valence-electron chi connectivity index (χ0n) is 9.04. The number of carboxylic acid groups (broad SMARTS) is 1. The van der Waals surface area contributed by atoms with Gasteiger partial charge in [-0.25, -0.2) is 14.8 Å². The first-order chi connectivity index (χ1) is 8.16. The van der Waals surface area contributed by atoms with Crippen molar-refractivity contribution in [1.82, 2.24) is 14.9 Å². The molecule has 2 rings (SSSR count). The summed E-state index contributed by atoms with van der Waals surface area (Å²) in [6.07, 6.45) is 4.69. The predicted molar refractivity (Wildman–Crippen MR) is 58.4 cm³/mol. The van der Waals surface area contributed by atoms with Crippen molar-refractivity contribution < 1.29 is 14.7 Å². The number of hydrogen-bond acceptors (Lipinski definition) is 4.